The van der Waals surface area contributed by atoms with Crippen molar-refractivity contribution < 1.29 is 9.90 Å². The minimum Gasteiger partial charge on any atom is -0.378 e. The second-order valence-electron chi connectivity index (χ2n) is 5.43. The molecule has 1 aromatic heterocycles. The molecule has 0 saturated heterocycles. The first-order valence-corrected chi connectivity index (χ1v) is 7.74. The van der Waals surface area contributed by atoms with Crippen LogP contribution in [0.1, 0.15) is 29.3 Å². The van der Waals surface area contributed by atoms with Gasteiger partial charge in [-0.05, 0) is 48.6 Å². The highest BCUT2D eigenvalue weighted by Crippen LogP contribution is 2.24. The van der Waals surface area contributed by atoms with Gasteiger partial charge in [0.25, 0.3) is 5.91 Å². The van der Waals surface area contributed by atoms with Crippen molar-refractivity contribution >= 4 is 29.1 Å². The van der Waals surface area contributed by atoms with Crippen LogP contribution < -0.4 is 5.32 Å². The Bertz CT molecular complexity index is 682. The number of carbonyl (C=O) groups is 1. The molecule has 116 valence electrons. The summed E-state index contributed by atoms with van der Waals surface area (Å²) in [5.41, 5.74) is 2.61. The van der Waals surface area contributed by atoms with Gasteiger partial charge in [0.05, 0.1) is 6.20 Å². The van der Waals surface area contributed by atoms with E-state index in [0.717, 1.165) is 24.1 Å². The molecular weight excluding hydrogens is 325 g/mol. The molecule has 1 aliphatic carbocycles. The number of hydrogen-bond donors (Lipinski definition) is 3. The average molecular weight is 340 g/mol. The van der Waals surface area contributed by atoms with Crippen LogP contribution in [-0.4, -0.2) is 27.3 Å². The highest BCUT2D eigenvalue weighted by Gasteiger charge is 2.25. The Hall–Kier alpha value is -1.56. The fourth-order valence-corrected chi connectivity index (χ4v) is 3.25. The third-order valence-corrected chi connectivity index (χ3v) is 4.25. The SMILES string of the molecule is O=C(NC1CCc2[nH]ncc2C1)C(O)c1cc(Cl)cc(Cl)c1. The molecule has 0 radical (unpaired) electrons. The van der Waals surface area contributed by atoms with Crippen LogP contribution in [0.15, 0.2) is 24.4 Å². The monoisotopic (exact) mass is 339 g/mol. The summed E-state index contributed by atoms with van der Waals surface area (Å²) >= 11 is 11.8. The molecule has 2 unspecified atom stereocenters. The molecule has 0 aliphatic heterocycles. The fourth-order valence-electron chi connectivity index (χ4n) is 2.70. The lowest BCUT2D eigenvalue weighted by atomic mass is 9.93. The van der Waals surface area contributed by atoms with E-state index < -0.39 is 12.0 Å². The summed E-state index contributed by atoms with van der Waals surface area (Å²) in [5, 5.41) is 20.8. The Labute approximate surface area is 137 Å². The van der Waals surface area contributed by atoms with E-state index in [1.54, 1.807) is 12.3 Å². The maximum Gasteiger partial charge on any atom is 0.253 e. The number of nitrogens with zero attached hydrogens (tertiary/aromatic N) is 1. The van der Waals surface area contributed by atoms with E-state index in [1.165, 1.54) is 12.1 Å². The van der Waals surface area contributed by atoms with Crippen LogP contribution in [0.5, 0.6) is 0 Å². The molecule has 22 heavy (non-hydrogen) atoms. The third-order valence-electron chi connectivity index (χ3n) is 3.81. The summed E-state index contributed by atoms with van der Waals surface area (Å²) in [6.45, 7) is 0. The molecule has 1 amide bonds. The number of amides is 1. The zero-order chi connectivity index (χ0) is 15.7. The van der Waals surface area contributed by atoms with Gasteiger partial charge in [0.15, 0.2) is 6.10 Å². The molecule has 5 nitrogen and oxygen atoms in total. The predicted molar refractivity (Wildman–Crippen MR) is 84.0 cm³/mol. The zero-order valence-electron chi connectivity index (χ0n) is 11.6. The van der Waals surface area contributed by atoms with Crippen molar-refractivity contribution in [2.45, 2.75) is 31.4 Å². The van der Waals surface area contributed by atoms with Crippen LogP contribution in [0.3, 0.4) is 0 Å². The van der Waals surface area contributed by atoms with Crippen molar-refractivity contribution in [3.8, 4) is 0 Å². The van der Waals surface area contributed by atoms with Crippen LogP contribution >= 0.6 is 23.2 Å². The lowest BCUT2D eigenvalue weighted by molar-refractivity contribution is -0.130. The molecule has 1 aromatic carbocycles. The Kier molecular flexibility index (Phi) is 4.38. The number of aromatic nitrogens is 2. The Morgan fingerprint density at radius 2 is 2.09 bits per heavy atom. The Morgan fingerprint density at radius 3 is 2.82 bits per heavy atom. The van der Waals surface area contributed by atoms with Gasteiger partial charge in [0.1, 0.15) is 0 Å². The smallest absolute Gasteiger partial charge is 0.253 e. The van der Waals surface area contributed by atoms with Crippen LogP contribution in [-0.2, 0) is 17.6 Å². The zero-order valence-corrected chi connectivity index (χ0v) is 13.2. The number of halogens is 2. The molecule has 1 heterocycles. The minimum atomic E-state index is -1.29. The van der Waals surface area contributed by atoms with Gasteiger partial charge in [0.2, 0.25) is 0 Å². The Morgan fingerprint density at radius 1 is 1.36 bits per heavy atom. The van der Waals surface area contributed by atoms with Gasteiger partial charge in [-0.3, -0.25) is 9.89 Å². The standard InChI is InChI=1S/C15H15Cl2N3O2/c16-10-3-8(4-11(17)6-10)14(21)15(22)19-12-1-2-13-9(5-12)7-18-20-13/h3-4,6-7,12,14,21H,1-2,5H2,(H,18,20)(H,19,22). The van der Waals surface area contributed by atoms with Gasteiger partial charge < -0.3 is 10.4 Å². The molecule has 2 aromatic rings. The number of fused-ring (bicyclic) bond motifs is 1. The summed E-state index contributed by atoms with van der Waals surface area (Å²) in [4.78, 5) is 12.2. The number of carbonyl (C=O) groups excluding carboxylic acids is 1. The van der Waals surface area contributed by atoms with Crippen LogP contribution in [0.2, 0.25) is 10.0 Å². The van der Waals surface area contributed by atoms with Crippen LogP contribution in [0.25, 0.3) is 0 Å². The van der Waals surface area contributed by atoms with E-state index in [2.05, 4.69) is 15.5 Å². The summed E-state index contributed by atoms with van der Waals surface area (Å²) in [7, 11) is 0. The van der Waals surface area contributed by atoms with Gasteiger partial charge in [-0.1, -0.05) is 23.2 Å². The number of benzene rings is 1. The van der Waals surface area contributed by atoms with Crippen LogP contribution in [0, 0.1) is 0 Å². The predicted octanol–water partition coefficient (Wildman–Crippen LogP) is 2.42. The average Bonchev–Trinajstić information content (AvgIpc) is 2.93. The number of aliphatic hydroxyl groups excluding tert-OH is 1. The highest BCUT2D eigenvalue weighted by atomic mass is 35.5. The normalized spacial score (nSPS) is 18.6. The molecule has 2 atom stereocenters. The fraction of sp³-hybridized carbons (Fsp3) is 0.333. The molecular formula is C15H15Cl2N3O2. The van der Waals surface area contributed by atoms with Gasteiger partial charge in [-0.25, -0.2) is 0 Å². The number of rotatable bonds is 3. The second kappa shape index (κ2) is 6.28. The number of aliphatic hydroxyl groups is 1. The van der Waals surface area contributed by atoms with Crippen molar-refractivity contribution in [3.05, 3.63) is 51.3 Å². The van der Waals surface area contributed by atoms with Crippen molar-refractivity contribution in [2.24, 2.45) is 0 Å². The van der Waals surface area contributed by atoms with Crippen molar-refractivity contribution in [3.63, 3.8) is 0 Å². The molecule has 1 aliphatic rings. The van der Waals surface area contributed by atoms with E-state index in [9.17, 15) is 9.90 Å². The largest absolute Gasteiger partial charge is 0.378 e. The van der Waals surface area contributed by atoms with Gasteiger partial charge >= 0.3 is 0 Å². The summed E-state index contributed by atoms with van der Waals surface area (Å²) in [6, 6.07) is 4.61. The topological polar surface area (TPSA) is 78.0 Å². The lowest BCUT2D eigenvalue weighted by Crippen LogP contribution is -2.41. The number of hydrogen-bond acceptors (Lipinski definition) is 3. The molecule has 0 saturated carbocycles. The van der Waals surface area contributed by atoms with Gasteiger partial charge in [-0.15, -0.1) is 0 Å². The minimum absolute atomic E-state index is 0.0121. The molecule has 7 heteroatoms. The maximum atomic E-state index is 12.2. The molecule has 3 N–H and O–H groups in total. The lowest BCUT2D eigenvalue weighted by Gasteiger charge is -2.24. The number of H-pyrrole nitrogens is 1. The van der Waals surface area contributed by atoms with Crippen molar-refractivity contribution in [1.29, 1.82) is 0 Å². The maximum absolute atomic E-state index is 12.2. The van der Waals surface area contributed by atoms with Crippen molar-refractivity contribution in [2.75, 3.05) is 0 Å². The van der Waals surface area contributed by atoms with E-state index in [-0.39, 0.29) is 6.04 Å². The van der Waals surface area contributed by atoms with Gasteiger partial charge in [0, 0.05) is 21.8 Å². The first-order valence-electron chi connectivity index (χ1n) is 6.98. The second-order valence-corrected chi connectivity index (χ2v) is 6.30. The first kappa shape index (κ1) is 15.3. The van der Waals surface area contributed by atoms with E-state index in [4.69, 9.17) is 23.2 Å². The van der Waals surface area contributed by atoms with Crippen molar-refractivity contribution in [1.82, 2.24) is 15.5 Å². The molecule has 0 bridgehead atoms. The first-order chi connectivity index (χ1) is 10.5. The quantitative estimate of drug-likeness (QED) is 0.803. The van der Waals surface area contributed by atoms with Gasteiger partial charge in [-0.2, -0.15) is 5.10 Å². The molecule has 0 spiro atoms. The summed E-state index contributed by atoms with van der Waals surface area (Å²) in [6.07, 6.45) is 2.84. The number of nitrogens with one attached hydrogen (secondary N) is 2. The van der Waals surface area contributed by atoms with Crippen LogP contribution in [0.4, 0.5) is 0 Å². The third kappa shape index (κ3) is 3.27. The van der Waals surface area contributed by atoms with E-state index >= 15 is 0 Å². The summed E-state index contributed by atoms with van der Waals surface area (Å²) in [5.74, 6) is -0.449. The number of aromatic amines is 1. The van der Waals surface area contributed by atoms with E-state index in [0.29, 0.717) is 22.0 Å². The number of aryl methyl sites for hydroxylation is 1. The molecule has 3 rings (SSSR count). The highest BCUT2D eigenvalue weighted by molar-refractivity contribution is 6.34. The molecule has 0 fully saturated rings. The summed E-state index contributed by atoms with van der Waals surface area (Å²) < 4.78 is 0. The van der Waals surface area contributed by atoms with E-state index in [1.807, 2.05) is 0 Å². The Balaban J connectivity index is 1.67.